The van der Waals surface area contributed by atoms with E-state index in [-0.39, 0.29) is 27.5 Å². The van der Waals surface area contributed by atoms with Crippen LogP contribution >= 0.6 is 0 Å². The highest BCUT2D eigenvalue weighted by Crippen LogP contribution is 2.38. The predicted molar refractivity (Wildman–Crippen MR) is 66.6 cm³/mol. The molecule has 0 amide bonds. The molecule has 0 spiro atoms. The average molecular weight is 260 g/mol. The van der Waals surface area contributed by atoms with Gasteiger partial charge in [0, 0.05) is 16.8 Å². The number of hydrogen-bond acceptors (Lipinski definition) is 6. The lowest BCUT2D eigenvalue weighted by molar-refractivity contribution is 0.398. The van der Waals surface area contributed by atoms with Crippen LogP contribution in [-0.2, 0) is 0 Å². The fourth-order valence-corrected chi connectivity index (χ4v) is 2.06. The second-order valence-electron chi connectivity index (χ2n) is 4.09. The number of hydrogen-bond donors (Lipinski definition) is 4. The van der Waals surface area contributed by atoms with E-state index >= 15 is 0 Å². The maximum absolute atomic E-state index is 11.8. The molecule has 0 unspecified atom stereocenters. The van der Waals surface area contributed by atoms with Crippen molar-refractivity contribution in [2.75, 3.05) is 0 Å². The summed E-state index contributed by atoms with van der Waals surface area (Å²) < 4.78 is 4.90. The lowest BCUT2D eigenvalue weighted by Gasteiger charge is -2.06. The van der Waals surface area contributed by atoms with Gasteiger partial charge in [-0.3, -0.25) is 0 Å². The van der Waals surface area contributed by atoms with Gasteiger partial charge in [0.1, 0.15) is 16.9 Å². The van der Waals surface area contributed by atoms with Crippen LogP contribution in [0.5, 0.6) is 23.0 Å². The van der Waals surface area contributed by atoms with Crippen molar-refractivity contribution in [3.8, 4) is 23.0 Å². The summed E-state index contributed by atoms with van der Waals surface area (Å²) in [6, 6.07) is 4.92. The van der Waals surface area contributed by atoms with Crippen LogP contribution in [-0.4, -0.2) is 20.4 Å². The predicted octanol–water partition coefficient (Wildman–Crippen LogP) is 1.77. The van der Waals surface area contributed by atoms with E-state index in [1.165, 1.54) is 18.2 Å². The molecule has 0 fully saturated rings. The van der Waals surface area contributed by atoms with Gasteiger partial charge >= 0.3 is 5.63 Å². The monoisotopic (exact) mass is 260 g/mol. The lowest BCUT2D eigenvalue weighted by Crippen LogP contribution is -2.00. The first kappa shape index (κ1) is 11.2. The molecule has 0 bridgehead atoms. The van der Waals surface area contributed by atoms with E-state index in [0.717, 1.165) is 6.07 Å². The highest BCUT2D eigenvalue weighted by Gasteiger charge is 2.16. The maximum Gasteiger partial charge on any atom is 0.348 e. The first-order valence-electron chi connectivity index (χ1n) is 5.32. The zero-order chi connectivity index (χ0) is 13.7. The second kappa shape index (κ2) is 3.55. The smallest absolute Gasteiger partial charge is 0.348 e. The number of aromatic hydroxyl groups is 4. The number of benzene rings is 2. The summed E-state index contributed by atoms with van der Waals surface area (Å²) >= 11 is 0. The zero-order valence-electron chi connectivity index (χ0n) is 9.41. The minimum Gasteiger partial charge on any atom is -0.508 e. The Morgan fingerprint density at radius 1 is 0.895 bits per heavy atom. The highest BCUT2D eigenvalue weighted by atomic mass is 16.4. The molecule has 0 aliphatic rings. The van der Waals surface area contributed by atoms with Crippen LogP contribution in [0.2, 0.25) is 0 Å². The van der Waals surface area contributed by atoms with Crippen LogP contribution in [0.15, 0.2) is 33.5 Å². The molecular weight excluding hydrogens is 252 g/mol. The van der Waals surface area contributed by atoms with Gasteiger partial charge in [0.25, 0.3) is 0 Å². The Morgan fingerprint density at radius 3 is 2.37 bits per heavy atom. The average Bonchev–Trinajstić information content (AvgIpc) is 2.33. The second-order valence-corrected chi connectivity index (χ2v) is 4.09. The van der Waals surface area contributed by atoms with E-state index in [1.54, 1.807) is 0 Å². The minimum atomic E-state index is -0.874. The van der Waals surface area contributed by atoms with Gasteiger partial charge in [0.05, 0.1) is 0 Å². The molecule has 2 aromatic carbocycles. The van der Waals surface area contributed by atoms with E-state index in [4.69, 9.17) is 4.42 Å². The third-order valence-corrected chi connectivity index (χ3v) is 2.90. The lowest BCUT2D eigenvalue weighted by atomic mass is 10.1. The summed E-state index contributed by atoms with van der Waals surface area (Å²) in [7, 11) is 0. The van der Waals surface area contributed by atoms with Crippen LogP contribution in [0, 0.1) is 0 Å². The van der Waals surface area contributed by atoms with Crippen molar-refractivity contribution in [1.82, 2.24) is 0 Å². The molecule has 0 atom stereocenters. The SMILES string of the molecule is O=c1oc2c(O)c(O)ccc2c2cc(O)cc(O)c12. The molecule has 6 nitrogen and oxygen atoms in total. The molecule has 0 saturated heterocycles. The van der Waals surface area contributed by atoms with E-state index in [0.29, 0.717) is 0 Å². The van der Waals surface area contributed by atoms with Crippen LogP contribution in [0.3, 0.4) is 0 Å². The van der Waals surface area contributed by atoms with Gasteiger partial charge in [-0.25, -0.2) is 4.79 Å². The van der Waals surface area contributed by atoms with Crippen molar-refractivity contribution in [2.24, 2.45) is 0 Å². The molecule has 19 heavy (non-hydrogen) atoms. The van der Waals surface area contributed by atoms with Crippen LogP contribution in [0.1, 0.15) is 0 Å². The van der Waals surface area contributed by atoms with Gasteiger partial charge in [0.2, 0.25) is 5.75 Å². The van der Waals surface area contributed by atoms with Crippen molar-refractivity contribution in [3.63, 3.8) is 0 Å². The zero-order valence-corrected chi connectivity index (χ0v) is 9.41. The first-order chi connectivity index (χ1) is 8.99. The van der Waals surface area contributed by atoms with E-state index in [9.17, 15) is 25.2 Å². The molecule has 3 rings (SSSR count). The van der Waals surface area contributed by atoms with E-state index in [2.05, 4.69) is 0 Å². The fourth-order valence-electron chi connectivity index (χ4n) is 2.06. The quantitative estimate of drug-likeness (QED) is 0.278. The number of rotatable bonds is 0. The standard InChI is InChI=1S/C13H8O6/c14-5-3-7-6-1-2-8(15)11(17)12(6)19-13(18)10(7)9(16)4-5/h1-4,14-17H. The van der Waals surface area contributed by atoms with E-state index < -0.39 is 22.9 Å². The summed E-state index contributed by atoms with van der Waals surface area (Å²) in [6.07, 6.45) is 0. The van der Waals surface area contributed by atoms with Gasteiger partial charge < -0.3 is 24.8 Å². The Bertz CT molecular complexity index is 878. The fraction of sp³-hybridized carbons (Fsp3) is 0. The van der Waals surface area contributed by atoms with Crippen LogP contribution < -0.4 is 5.63 Å². The summed E-state index contributed by atoms with van der Waals surface area (Å²) in [4.78, 5) is 11.8. The Balaban J connectivity index is 2.68. The molecule has 4 N–H and O–H groups in total. The van der Waals surface area contributed by atoms with E-state index in [1.807, 2.05) is 0 Å². The van der Waals surface area contributed by atoms with Gasteiger partial charge in [-0.05, 0) is 18.2 Å². The molecule has 0 saturated carbocycles. The molecule has 96 valence electrons. The van der Waals surface area contributed by atoms with Crippen molar-refractivity contribution in [1.29, 1.82) is 0 Å². The minimum absolute atomic E-state index is 0.101. The molecule has 0 aliphatic carbocycles. The third-order valence-electron chi connectivity index (χ3n) is 2.90. The number of fused-ring (bicyclic) bond motifs is 3. The highest BCUT2D eigenvalue weighted by molar-refractivity contribution is 6.08. The van der Waals surface area contributed by atoms with Crippen molar-refractivity contribution < 1.29 is 24.8 Å². The van der Waals surface area contributed by atoms with Crippen molar-refractivity contribution >= 4 is 21.7 Å². The number of phenolic OH excluding ortho intramolecular Hbond substituents is 4. The largest absolute Gasteiger partial charge is 0.508 e. The molecule has 1 heterocycles. The Kier molecular flexibility index (Phi) is 2.10. The van der Waals surface area contributed by atoms with Gasteiger partial charge in [-0.1, -0.05) is 0 Å². The molecule has 0 aliphatic heterocycles. The van der Waals surface area contributed by atoms with Crippen LogP contribution in [0.4, 0.5) is 0 Å². The summed E-state index contributed by atoms with van der Waals surface area (Å²) in [6.45, 7) is 0. The topological polar surface area (TPSA) is 111 Å². The normalized spacial score (nSPS) is 11.2. The van der Waals surface area contributed by atoms with Crippen LogP contribution in [0.25, 0.3) is 21.7 Å². The first-order valence-corrected chi connectivity index (χ1v) is 5.32. The Labute approximate surface area is 105 Å². The molecular formula is C13H8O6. The Hall–Kier alpha value is -2.89. The third kappa shape index (κ3) is 1.46. The number of phenols is 4. The summed E-state index contributed by atoms with van der Waals surface area (Å²) in [5.74, 6) is -1.65. The summed E-state index contributed by atoms with van der Waals surface area (Å²) in [5, 5.41) is 38.6. The van der Waals surface area contributed by atoms with Gasteiger partial charge in [-0.2, -0.15) is 0 Å². The molecule has 3 aromatic rings. The Morgan fingerprint density at radius 2 is 1.63 bits per heavy atom. The molecule has 0 radical (unpaired) electrons. The maximum atomic E-state index is 11.8. The van der Waals surface area contributed by atoms with Gasteiger partial charge in [0.15, 0.2) is 11.3 Å². The van der Waals surface area contributed by atoms with Crippen molar-refractivity contribution in [2.45, 2.75) is 0 Å². The van der Waals surface area contributed by atoms with Crippen molar-refractivity contribution in [3.05, 3.63) is 34.7 Å². The molecule has 6 heteroatoms. The summed E-state index contributed by atoms with van der Waals surface area (Å²) in [5.41, 5.74) is -1.08. The molecule has 1 aromatic heterocycles. The van der Waals surface area contributed by atoms with Gasteiger partial charge in [-0.15, -0.1) is 0 Å².